The third-order valence-electron chi connectivity index (χ3n) is 2.43. The van der Waals surface area contributed by atoms with Gasteiger partial charge in [-0.3, -0.25) is 9.69 Å². The zero-order valence-electron chi connectivity index (χ0n) is 11.0. The summed E-state index contributed by atoms with van der Waals surface area (Å²) in [6.45, 7) is 4.38. The quantitative estimate of drug-likeness (QED) is 0.564. The molecule has 0 unspecified atom stereocenters. The summed E-state index contributed by atoms with van der Waals surface area (Å²) in [5, 5.41) is 2.81. The van der Waals surface area contributed by atoms with Crippen LogP contribution in [0.2, 0.25) is 0 Å². The molecule has 0 radical (unpaired) electrons. The van der Waals surface area contributed by atoms with Crippen LogP contribution in [-0.4, -0.2) is 44.2 Å². The van der Waals surface area contributed by atoms with Crippen LogP contribution in [0.25, 0.3) is 0 Å². The highest BCUT2D eigenvalue weighted by Gasteiger charge is 2.06. The number of nitrogen functional groups attached to an aromatic ring is 1. The number of likely N-dealkylation sites (N-methyl/N-ethyl adjacent to an activating group) is 1. The van der Waals surface area contributed by atoms with E-state index in [0.717, 1.165) is 12.2 Å². The first-order valence-electron chi connectivity index (χ1n) is 6.03. The summed E-state index contributed by atoms with van der Waals surface area (Å²) in [6, 6.07) is 7.09. The molecule has 5 nitrogen and oxygen atoms in total. The van der Waals surface area contributed by atoms with Crippen molar-refractivity contribution in [2.24, 2.45) is 0 Å². The van der Waals surface area contributed by atoms with Crippen molar-refractivity contribution in [3.63, 3.8) is 0 Å². The van der Waals surface area contributed by atoms with Gasteiger partial charge in [-0.1, -0.05) is 0 Å². The number of carbonyl (C=O) groups is 1. The van der Waals surface area contributed by atoms with Crippen molar-refractivity contribution in [3.05, 3.63) is 24.3 Å². The number of anilines is 2. The van der Waals surface area contributed by atoms with Crippen molar-refractivity contribution in [3.8, 4) is 0 Å². The van der Waals surface area contributed by atoms with Crippen LogP contribution in [0.15, 0.2) is 24.3 Å². The van der Waals surface area contributed by atoms with Gasteiger partial charge in [0.2, 0.25) is 5.91 Å². The largest absolute Gasteiger partial charge is 0.399 e. The summed E-state index contributed by atoms with van der Waals surface area (Å²) in [6.07, 6.45) is 0. The lowest BCUT2D eigenvalue weighted by Gasteiger charge is -2.16. The maximum atomic E-state index is 11.7. The Bertz CT molecular complexity index is 365. The van der Waals surface area contributed by atoms with Gasteiger partial charge >= 0.3 is 0 Å². The zero-order valence-corrected chi connectivity index (χ0v) is 11.0. The third-order valence-corrected chi connectivity index (χ3v) is 2.43. The van der Waals surface area contributed by atoms with E-state index in [0.29, 0.717) is 25.4 Å². The lowest BCUT2D eigenvalue weighted by molar-refractivity contribution is -0.117. The fourth-order valence-corrected chi connectivity index (χ4v) is 1.46. The van der Waals surface area contributed by atoms with Crippen molar-refractivity contribution in [1.29, 1.82) is 0 Å². The molecule has 0 aliphatic heterocycles. The van der Waals surface area contributed by atoms with E-state index in [2.05, 4.69) is 5.32 Å². The van der Waals surface area contributed by atoms with Crippen molar-refractivity contribution in [2.45, 2.75) is 6.92 Å². The molecule has 0 aliphatic carbocycles. The number of nitrogens with two attached hydrogens (primary N) is 1. The number of benzene rings is 1. The average molecular weight is 251 g/mol. The molecule has 1 rings (SSSR count). The van der Waals surface area contributed by atoms with Crippen LogP contribution in [0.3, 0.4) is 0 Å². The smallest absolute Gasteiger partial charge is 0.238 e. The molecule has 18 heavy (non-hydrogen) atoms. The summed E-state index contributed by atoms with van der Waals surface area (Å²) in [5.74, 6) is -0.0428. The SMILES string of the molecule is CCOCCN(C)CC(=O)Nc1ccc(N)cc1. The van der Waals surface area contributed by atoms with E-state index in [1.165, 1.54) is 0 Å². The molecule has 0 fully saturated rings. The predicted molar refractivity (Wildman–Crippen MR) is 73.5 cm³/mol. The van der Waals surface area contributed by atoms with Crippen LogP contribution in [0, 0.1) is 0 Å². The zero-order chi connectivity index (χ0) is 13.4. The van der Waals surface area contributed by atoms with Gasteiger partial charge in [0, 0.05) is 24.5 Å². The highest BCUT2D eigenvalue weighted by Crippen LogP contribution is 2.10. The first-order chi connectivity index (χ1) is 8.61. The first kappa shape index (κ1) is 14.5. The van der Waals surface area contributed by atoms with Crippen LogP contribution in [-0.2, 0) is 9.53 Å². The molecule has 5 heteroatoms. The normalized spacial score (nSPS) is 10.6. The monoisotopic (exact) mass is 251 g/mol. The molecule has 0 bridgehead atoms. The van der Waals surface area contributed by atoms with Gasteiger partial charge in [0.1, 0.15) is 0 Å². The minimum Gasteiger partial charge on any atom is -0.399 e. The summed E-state index contributed by atoms with van der Waals surface area (Å²) in [4.78, 5) is 13.6. The number of amides is 1. The molecule has 0 atom stereocenters. The number of nitrogens with zero attached hydrogens (tertiary/aromatic N) is 1. The standard InChI is InChI=1S/C13H21N3O2/c1-3-18-9-8-16(2)10-13(17)15-12-6-4-11(14)5-7-12/h4-7H,3,8-10,14H2,1-2H3,(H,15,17). The Labute approximate surface area is 108 Å². The number of hydrogen-bond acceptors (Lipinski definition) is 4. The van der Waals surface area contributed by atoms with E-state index in [9.17, 15) is 4.79 Å². The molecule has 0 heterocycles. The van der Waals surface area contributed by atoms with Gasteiger partial charge in [0.05, 0.1) is 13.2 Å². The Hall–Kier alpha value is -1.59. The molecular formula is C13H21N3O2. The average Bonchev–Trinajstić information content (AvgIpc) is 2.32. The summed E-state index contributed by atoms with van der Waals surface area (Å²) in [7, 11) is 1.89. The molecule has 100 valence electrons. The molecule has 3 N–H and O–H groups in total. The third kappa shape index (κ3) is 5.65. The van der Waals surface area contributed by atoms with Gasteiger partial charge in [-0.15, -0.1) is 0 Å². The lowest BCUT2D eigenvalue weighted by atomic mass is 10.3. The van der Waals surface area contributed by atoms with Gasteiger partial charge in [-0.05, 0) is 38.2 Å². The minimum atomic E-state index is -0.0428. The fraction of sp³-hybridized carbons (Fsp3) is 0.462. The number of hydrogen-bond donors (Lipinski definition) is 2. The second-order valence-electron chi connectivity index (χ2n) is 4.10. The van der Waals surface area contributed by atoms with E-state index in [-0.39, 0.29) is 5.91 Å². The van der Waals surface area contributed by atoms with Crippen molar-refractivity contribution in [1.82, 2.24) is 4.90 Å². The predicted octanol–water partition coefficient (Wildman–Crippen LogP) is 1.18. The van der Waals surface area contributed by atoms with Crippen LogP contribution in [0.1, 0.15) is 6.92 Å². The van der Waals surface area contributed by atoms with Gasteiger partial charge < -0.3 is 15.8 Å². The summed E-state index contributed by atoms with van der Waals surface area (Å²) in [5.41, 5.74) is 7.01. The van der Waals surface area contributed by atoms with E-state index < -0.39 is 0 Å². The van der Waals surface area contributed by atoms with Crippen LogP contribution in [0.5, 0.6) is 0 Å². The minimum absolute atomic E-state index is 0.0428. The Balaban J connectivity index is 2.30. The van der Waals surface area contributed by atoms with Crippen LogP contribution >= 0.6 is 0 Å². The molecular weight excluding hydrogens is 230 g/mol. The van der Waals surface area contributed by atoms with E-state index in [1.807, 2.05) is 18.9 Å². The van der Waals surface area contributed by atoms with E-state index in [4.69, 9.17) is 10.5 Å². The van der Waals surface area contributed by atoms with Crippen LogP contribution < -0.4 is 11.1 Å². The molecule has 0 saturated carbocycles. The summed E-state index contributed by atoms with van der Waals surface area (Å²) < 4.78 is 5.23. The van der Waals surface area contributed by atoms with Crippen LogP contribution in [0.4, 0.5) is 11.4 Å². The Morgan fingerprint density at radius 1 is 1.39 bits per heavy atom. The molecule has 0 aliphatic rings. The Morgan fingerprint density at radius 2 is 2.06 bits per heavy atom. The molecule has 0 aromatic heterocycles. The Kier molecular flexibility index (Phi) is 6.18. The van der Waals surface area contributed by atoms with Gasteiger partial charge in [0.15, 0.2) is 0 Å². The second-order valence-corrected chi connectivity index (χ2v) is 4.10. The number of carbonyl (C=O) groups excluding carboxylic acids is 1. The van der Waals surface area contributed by atoms with Gasteiger partial charge in [-0.2, -0.15) is 0 Å². The van der Waals surface area contributed by atoms with Crippen molar-refractivity contribution < 1.29 is 9.53 Å². The maximum absolute atomic E-state index is 11.7. The highest BCUT2D eigenvalue weighted by atomic mass is 16.5. The Morgan fingerprint density at radius 3 is 2.67 bits per heavy atom. The maximum Gasteiger partial charge on any atom is 0.238 e. The van der Waals surface area contributed by atoms with E-state index >= 15 is 0 Å². The molecule has 0 spiro atoms. The van der Waals surface area contributed by atoms with Crippen molar-refractivity contribution in [2.75, 3.05) is 44.4 Å². The number of rotatable bonds is 7. The second kappa shape index (κ2) is 7.68. The molecule has 1 aromatic rings. The molecule has 1 aromatic carbocycles. The highest BCUT2D eigenvalue weighted by molar-refractivity contribution is 5.92. The number of nitrogens with one attached hydrogen (secondary N) is 1. The van der Waals surface area contributed by atoms with Gasteiger partial charge in [0.25, 0.3) is 0 Å². The van der Waals surface area contributed by atoms with E-state index in [1.54, 1.807) is 24.3 Å². The molecule has 0 saturated heterocycles. The fourth-order valence-electron chi connectivity index (χ4n) is 1.46. The van der Waals surface area contributed by atoms with Crippen molar-refractivity contribution >= 4 is 17.3 Å². The molecule has 1 amide bonds. The van der Waals surface area contributed by atoms with Gasteiger partial charge in [-0.25, -0.2) is 0 Å². The number of ether oxygens (including phenoxy) is 1. The summed E-state index contributed by atoms with van der Waals surface area (Å²) >= 11 is 0. The first-order valence-corrected chi connectivity index (χ1v) is 6.03. The topological polar surface area (TPSA) is 67.6 Å². The lowest BCUT2D eigenvalue weighted by Crippen LogP contribution is -2.32.